The second-order valence-electron chi connectivity index (χ2n) is 3.93. The van der Waals surface area contributed by atoms with Crippen molar-refractivity contribution in [2.45, 2.75) is 13.8 Å². The van der Waals surface area contributed by atoms with Gasteiger partial charge in [0.1, 0.15) is 0 Å². The normalized spacial score (nSPS) is 12.7. The number of methoxy groups -OCH3 is 1. The minimum atomic E-state index is -3.34. The third kappa shape index (κ3) is 5.71. The molecule has 0 rings (SSSR count). The Bertz CT molecular complexity index is 311. The lowest BCUT2D eigenvalue weighted by atomic mass is 9.93. The molecule has 0 spiro atoms. The fourth-order valence-corrected chi connectivity index (χ4v) is 1.76. The summed E-state index contributed by atoms with van der Waals surface area (Å²) in [5, 5.41) is 7.26. The Morgan fingerprint density at radius 2 is 2.07 bits per heavy atom. The smallest absolute Gasteiger partial charge is 0.213 e. The lowest BCUT2D eigenvalue weighted by Crippen LogP contribution is -2.43. The van der Waals surface area contributed by atoms with Crippen LogP contribution in [-0.4, -0.2) is 40.3 Å². The molecule has 0 aromatic carbocycles. The third-order valence-corrected chi connectivity index (χ3v) is 3.31. The Labute approximate surface area is 90.7 Å². The van der Waals surface area contributed by atoms with Gasteiger partial charge in [-0.05, 0) is 0 Å². The summed E-state index contributed by atoms with van der Waals surface area (Å²) in [4.78, 5) is 0. The Hall–Kier alpha value is -0.660. The zero-order chi connectivity index (χ0) is 12.1. The average Bonchev–Trinajstić information content (AvgIpc) is 2.12. The zero-order valence-corrected chi connectivity index (χ0v) is 10.1. The van der Waals surface area contributed by atoms with E-state index in [1.165, 1.54) is 7.11 Å². The number of ether oxygens (including phenoxy) is 1. The van der Waals surface area contributed by atoms with Gasteiger partial charge in [0.15, 0.2) is 0 Å². The fraction of sp³-hybridized carbons (Fsp3) is 0.875. The lowest BCUT2D eigenvalue weighted by molar-refractivity contribution is 0.217. The van der Waals surface area contributed by atoms with Gasteiger partial charge in [-0.3, -0.25) is 5.41 Å². The Kier molecular flexibility index (Phi) is 5.19. The number of hydrogen-bond acceptors (Lipinski definition) is 4. The van der Waals surface area contributed by atoms with Crippen molar-refractivity contribution in [3.63, 3.8) is 0 Å². The summed E-state index contributed by atoms with van der Waals surface area (Å²) in [6, 6.07) is 0. The first-order valence-electron chi connectivity index (χ1n) is 4.52. The van der Waals surface area contributed by atoms with Gasteiger partial charge in [0.25, 0.3) is 0 Å². The molecule has 0 atom stereocenters. The zero-order valence-electron chi connectivity index (χ0n) is 9.33. The Balaban J connectivity index is 4.21. The molecule has 0 radical (unpaired) electrons. The predicted molar refractivity (Wildman–Crippen MR) is 59.4 cm³/mol. The highest BCUT2D eigenvalue weighted by Gasteiger charge is 2.23. The summed E-state index contributed by atoms with van der Waals surface area (Å²) in [5.41, 5.74) is 4.66. The topological polar surface area (TPSA) is 105 Å². The minimum absolute atomic E-state index is 0.0445. The first kappa shape index (κ1) is 14.3. The van der Waals surface area contributed by atoms with Crippen LogP contribution in [0.2, 0.25) is 0 Å². The number of nitrogens with two attached hydrogens (primary N) is 1. The number of rotatable bonds is 7. The molecule has 0 heterocycles. The second kappa shape index (κ2) is 5.43. The highest BCUT2D eigenvalue weighted by atomic mass is 32.2. The van der Waals surface area contributed by atoms with Gasteiger partial charge in [0, 0.05) is 19.1 Å². The summed E-state index contributed by atoms with van der Waals surface area (Å²) in [5.74, 6) is -0.130. The number of hydrogen-bond donors (Lipinski definition) is 3. The molecule has 0 unspecified atom stereocenters. The van der Waals surface area contributed by atoms with Crippen LogP contribution in [0.5, 0.6) is 0 Å². The number of sulfonamides is 1. The van der Waals surface area contributed by atoms with E-state index in [-0.39, 0.29) is 24.7 Å². The van der Waals surface area contributed by atoms with E-state index in [1.807, 2.05) is 0 Å². The molecule has 0 aliphatic heterocycles. The molecule has 0 bridgehead atoms. The lowest BCUT2D eigenvalue weighted by Gasteiger charge is -2.22. The van der Waals surface area contributed by atoms with Gasteiger partial charge in [0.05, 0.1) is 18.2 Å². The van der Waals surface area contributed by atoms with E-state index in [2.05, 4.69) is 9.46 Å². The van der Waals surface area contributed by atoms with Crippen LogP contribution < -0.4 is 10.5 Å². The van der Waals surface area contributed by atoms with Crippen molar-refractivity contribution in [2.24, 2.45) is 11.1 Å². The standard InChI is InChI=1S/C8H19N3O3S/c1-8(2,7(9)10)6-11-15(12,13)5-4-14-3/h11H,4-6H2,1-3H3,(H3,9,10). The fourth-order valence-electron chi connectivity index (χ4n) is 0.651. The van der Waals surface area contributed by atoms with Crippen LogP contribution in [0.15, 0.2) is 0 Å². The van der Waals surface area contributed by atoms with E-state index in [9.17, 15) is 8.42 Å². The average molecular weight is 237 g/mol. The molecule has 7 heteroatoms. The SMILES string of the molecule is COCCS(=O)(=O)NCC(C)(C)C(=N)N. The molecular formula is C8H19N3O3S. The third-order valence-electron chi connectivity index (χ3n) is 2.02. The molecule has 0 aliphatic rings. The molecule has 0 fully saturated rings. The van der Waals surface area contributed by atoms with Gasteiger partial charge in [-0.1, -0.05) is 13.8 Å². The van der Waals surface area contributed by atoms with Crippen LogP contribution in [0.1, 0.15) is 13.8 Å². The van der Waals surface area contributed by atoms with Gasteiger partial charge in [0.2, 0.25) is 10.0 Å². The van der Waals surface area contributed by atoms with Gasteiger partial charge in [-0.2, -0.15) is 0 Å². The summed E-state index contributed by atoms with van der Waals surface area (Å²) in [7, 11) is -1.90. The van der Waals surface area contributed by atoms with E-state index >= 15 is 0 Å². The predicted octanol–water partition coefficient (Wildman–Crippen LogP) is -0.486. The molecule has 0 aliphatic carbocycles. The molecule has 0 aromatic rings. The molecule has 0 aromatic heterocycles. The summed E-state index contributed by atoms with van der Waals surface area (Å²) >= 11 is 0. The van der Waals surface area contributed by atoms with Crippen LogP contribution in [0, 0.1) is 10.8 Å². The van der Waals surface area contributed by atoms with Gasteiger partial charge >= 0.3 is 0 Å². The Morgan fingerprint density at radius 3 is 2.47 bits per heavy atom. The van der Waals surface area contributed by atoms with Crippen LogP contribution in [-0.2, 0) is 14.8 Å². The maximum absolute atomic E-state index is 11.4. The van der Waals surface area contributed by atoms with Gasteiger partial charge < -0.3 is 10.5 Å². The first-order chi connectivity index (χ1) is 6.71. The molecule has 0 saturated heterocycles. The summed E-state index contributed by atoms with van der Waals surface area (Å²) < 4.78 is 29.8. The molecule has 6 nitrogen and oxygen atoms in total. The van der Waals surface area contributed by atoms with Crippen LogP contribution >= 0.6 is 0 Å². The quantitative estimate of drug-likeness (QED) is 0.410. The van der Waals surface area contributed by atoms with Crippen LogP contribution in [0.3, 0.4) is 0 Å². The largest absolute Gasteiger partial charge is 0.387 e. The van der Waals surface area contributed by atoms with E-state index < -0.39 is 15.4 Å². The van der Waals surface area contributed by atoms with Crippen molar-refractivity contribution in [1.29, 1.82) is 5.41 Å². The molecule has 15 heavy (non-hydrogen) atoms. The Morgan fingerprint density at radius 1 is 1.53 bits per heavy atom. The van der Waals surface area contributed by atoms with E-state index in [1.54, 1.807) is 13.8 Å². The number of nitrogens with one attached hydrogen (secondary N) is 2. The van der Waals surface area contributed by atoms with E-state index in [4.69, 9.17) is 11.1 Å². The van der Waals surface area contributed by atoms with Gasteiger partial charge in [-0.15, -0.1) is 0 Å². The second-order valence-corrected chi connectivity index (χ2v) is 5.86. The van der Waals surface area contributed by atoms with Crippen molar-refractivity contribution in [1.82, 2.24) is 4.72 Å². The highest BCUT2D eigenvalue weighted by molar-refractivity contribution is 7.89. The maximum Gasteiger partial charge on any atom is 0.213 e. The van der Waals surface area contributed by atoms with Crippen LogP contribution in [0.25, 0.3) is 0 Å². The maximum atomic E-state index is 11.4. The van der Waals surface area contributed by atoms with E-state index in [0.717, 1.165) is 0 Å². The van der Waals surface area contributed by atoms with Crippen molar-refractivity contribution in [3.8, 4) is 0 Å². The highest BCUT2D eigenvalue weighted by Crippen LogP contribution is 2.12. The van der Waals surface area contributed by atoms with Crippen molar-refractivity contribution < 1.29 is 13.2 Å². The summed E-state index contributed by atoms with van der Waals surface area (Å²) in [6.45, 7) is 3.67. The first-order valence-corrected chi connectivity index (χ1v) is 6.17. The number of amidine groups is 1. The van der Waals surface area contributed by atoms with E-state index in [0.29, 0.717) is 0 Å². The van der Waals surface area contributed by atoms with Gasteiger partial charge in [-0.25, -0.2) is 13.1 Å². The summed E-state index contributed by atoms with van der Waals surface area (Å²) in [6.07, 6.45) is 0. The van der Waals surface area contributed by atoms with Crippen molar-refractivity contribution >= 4 is 15.9 Å². The molecular weight excluding hydrogens is 218 g/mol. The molecule has 0 saturated carbocycles. The molecule has 0 amide bonds. The molecule has 90 valence electrons. The van der Waals surface area contributed by atoms with Crippen molar-refractivity contribution in [2.75, 3.05) is 26.0 Å². The van der Waals surface area contributed by atoms with Crippen LogP contribution in [0.4, 0.5) is 0 Å². The minimum Gasteiger partial charge on any atom is -0.387 e. The van der Waals surface area contributed by atoms with Crippen molar-refractivity contribution in [3.05, 3.63) is 0 Å². The monoisotopic (exact) mass is 237 g/mol. The molecule has 4 N–H and O–H groups in total.